The van der Waals surface area contributed by atoms with Gasteiger partial charge in [0, 0.05) is 51.5 Å². The van der Waals surface area contributed by atoms with Gasteiger partial charge in [-0.15, -0.1) is 0 Å². The van der Waals surface area contributed by atoms with E-state index in [1.54, 1.807) is 18.2 Å². The van der Waals surface area contributed by atoms with Crippen LogP contribution < -0.4 is 10.6 Å². The molecule has 0 saturated carbocycles. The third-order valence-corrected chi connectivity index (χ3v) is 8.87. The lowest BCUT2D eigenvalue weighted by atomic mass is 9.89. The number of nitrogens with zero attached hydrogens (tertiary/aromatic N) is 4. The molecule has 2 fully saturated rings. The standard InChI is InChI=1S/C26H32N6O4S/c1-18-4-7-22(14-24(18)29-26(34)28-23-16-32(17-23)37(35,36)30(2)3)25(33)31-12-10-21(11-13-31)20-8-5-19(15-27)6-9-20/h4-9,14,21,23H,10-13,16-17H2,1-3H3,(H2,28,29,34). The molecular formula is C26H32N6O4S. The van der Waals surface area contributed by atoms with E-state index < -0.39 is 16.2 Å². The van der Waals surface area contributed by atoms with Gasteiger partial charge in [-0.05, 0) is 61.1 Å². The first-order valence-corrected chi connectivity index (χ1v) is 13.6. The third-order valence-electron chi connectivity index (χ3n) is 7.00. The quantitative estimate of drug-likeness (QED) is 0.601. The van der Waals surface area contributed by atoms with Gasteiger partial charge in [0.2, 0.25) is 0 Å². The molecule has 3 amide bonds. The van der Waals surface area contributed by atoms with Crippen molar-refractivity contribution in [2.45, 2.75) is 31.7 Å². The van der Waals surface area contributed by atoms with Crippen molar-refractivity contribution in [2.75, 3.05) is 45.6 Å². The summed E-state index contributed by atoms with van der Waals surface area (Å²) in [6.45, 7) is 3.54. The predicted molar refractivity (Wildman–Crippen MR) is 140 cm³/mol. The molecule has 0 spiro atoms. The third kappa shape index (κ3) is 5.93. The number of carbonyl (C=O) groups excluding carboxylic acids is 2. The van der Waals surface area contributed by atoms with Crippen LogP contribution in [0, 0.1) is 18.3 Å². The maximum atomic E-state index is 13.2. The number of aryl methyl sites for hydroxylation is 1. The van der Waals surface area contributed by atoms with E-state index in [2.05, 4.69) is 16.7 Å². The highest BCUT2D eigenvalue weighted by molar-refractivity contribution is 7.86. The highest BCUT2D eigenvalue weighted by atomic mass is 32.2. The molecule has 2 aromatic carbocycles. The van der Waals surface area contributed by atoms with Gasteiger partial charge in [0.25, 0.3) is 16.1 Å². The van der Waals surface area contributed by atoms with Crippen molar-refractivity contribution in [3.63, 3.8) is 0 Å². The minimum absolute atomic E-state index is 0.0785. The second kappa shape index (κ2) is 10.9. The maximum Gasteiger partial charge on any atom is 0.319 e. The van der Waals surface area contributed by atoms with Crippen molar-refractivity contribution in [2.24, 2.45) is 0 Å². The second-order valence-electron chi connectivity index (χ2n) is 9.73. The van der Waals surface area contributed by atoms with Crippen LogP contribution in [0.25, 0.3) is 0 Å². The van der Waals surface area contributed by atoms with Crippen LogP contribution in [0.3, 0.4) is 0 Å². The van der Waals surface area contributed by atoms with Gasteiger partial charge in [0.15, 0.2) is 0 Å². The summed E-state index contributed by atoms with van der Waals surface area (Å²) >= 11 is 0. The highest BCUT2D eigenvalue weighted by Crippen LogP contribution is 2.29. The monoisotopic (exact) mass is 524 g/mol. The molecule has 0 aliphatic carbocycles. The lowest BCUT2D eigenvalue weighted by Crippen LogP contribution is -2.63. The van der Waals surface area contributed by atoms with E-state index in [9.17, 15) is 18.0 Å². The molecule has 2 aliphatic rings. The fourth-order valence-electron chi connectivity index (χ4n) is 4.61. The van der Waals surface area contributed by atoms with E-state index in [4.69, 9.17) is 5.26 Å². The Balaban J connectivity index is 1.31. The van der Waals surface area contributed by atoms with Crippen LogP contribution in [0.1, 0.15) is 45.8 Å². The summed E-state index contributed by atoms with van der Waals surface area (Å²) in [6, 6.07) is 14.3. The van der Waals surface area contributed by atoms with Crippen molar-refractivity contribution in [3.8, 4) is 6.07 Å². The number of hydrogen-bond acceptors (Lipinski definition) is 5. The van der Waals surface area contributed by atoms with Gasteiger partial charge in [-0.3, -0.25) is 4.79 Å². The van der Waals surface area contributed by atoms with Crippen molar-refractivity contribution in [1.82, 2.24) is 18.8 Å². The molecule has 37 heavy (non-hydrogen) atoms. The van der Waals surface area contributed by atoms with Crippen molar-refractivity contribution in [3.05, 3.63) is 64.7 Å². The molecule has 2 aromatic rings. The lowest BCUT2D eigenvalue weighted by molar-refractivity contribution is 0.0713. The topological polar surface area (TPSA) is 126 Å². The summed E-state index contributed by atoms with van der Waals surface area (Å²) in [4.78, 5) is 27.6. The van der Waals surface area contributed by atoms with Gasteiger partial charge in [0.05, 0.1) is 17.7 Å². The number of piperidine rings is 1. The molecule has 2 heterocycles. The van der Waals surface area contributed by atoms with Crippen LogP contribution in [0.15, 0.2) is 42.5 Å². The molecule has 0 atom stereocenters. The number of nitriles is 1. The number of nitrogens with one attached hydrogen (secondary N) is 2. The number of benzene rings is 2. The van der Waals surface area contributed by atoms with Crippen LogP contribution in [0.4, 0.5) is 10.5 Å². The first-order valence-electron chi connectivity index (χ1n) is 12.2. The molecule has 2 saturated heterocycles. The summed E-state index contributed by atoms with van der Waals surface area (Å²) in [5, 5.41) is 14.6. The molecule has 10 nitrogen and oxygen atoms in total. The zero-order chi connectivity index (χ0) is 26.7. The van der Waals surface area contributed by atoms with Crippen LogP contribution >= 0.6 is 0 Å². The first kappa shape index (κ1) is 26.6. The van der Waals surface area contributed by atoms with E-state index in [1.165, 1.54) is 24.0 Å². The minimum Gasteiger partial charge on any atom is -0.339 e. The van der Waals surface area contributed by atoms with E-state index in [1.807, 2.05) is 36.1 Å². The van der Waals surface area contributed by atoms with Crippen LogP contribution in [-0.4, -0.2) is 80.2 Å². The zero-order valence-corrected chi connectivity index (χ0v) is 22.1. The highest BCUT2D eigenvalue weighted by Gasteiger charge is 2.37. The van der Waals surface area contributed by atoms with Crippen LogP contribution in [0.5, 0.6) is 0 Å². The van der Waals surface area contributed by atoms with Crippen LogP contribution in [-0.2, 0) is 10.2 Å². The van der Waals surface area contributed by atoms with E-state index >= 15 is 0 Å². The molecular weight excluding hydrogens is 492 g/mol. The number of likely N-dealkylation sites (tertiary alicyclic amines) is 1. The van der Waals surface area contributed by atoms with Crippen LogP contribution in [0.2, 0.25) is 0 Å². The van der Waals surface area contributed by atoms with Gasteiger partial charge in [0.1, 0.15) is 0 Å². The summed E-state index contributed by atoms with van der Waals surface area (Å²) in [5.74, 6) is 0.274. The average molecular weight is 525 g/mol. The molecule has 196 valence electrons. The molecule has 11 heteroatoms. The number of hydrogen-bond donors (Lipinski definition) is 2. The molecule has 0 unspecified atom stereocenters. The summed E-state index contributed by atoms with van der Waals surface area (Å²) in [7, 11) is -0.542. The Labute approximate surface area is 218 Å². The summed E-state index contributed by atoms with van der Waals surface area (Å²) in [6.07, 6.45) is 1.69. The number of amides is 3. The fraction of sp³-hybridized carbons (Fsp3) is 0.423. The SMILES string of the molecule is Cc1ccc(C(=O)N2CCC(c3ccc(C#N)cc3)CC2)cc1NC(=O)NC1CN(S(=O)(=O)N(C)C)C1. The number of carbonyl (C=O) groups is 2. The van der Waals surface area contributed by atoms with E-state index in [-0.39, 0.29) is 25.0 Å². The molecule has 2 aliphatic heterocycles. The van der Waals surface area contributed by atoms with Gasteiger partial charge >= 0.3 is 6.03 Å². The molecule has 0 bridgehead atoms. The van der Waals surface area contributed by atoms with Gasteiger partial charge in [-0.1, -0.05) is 18.2 Å². The fourth-order valence-corrected chi connectivity index (χ4v) is 5.81. The Morgan fingerprint density at radius 1 is 1.05 bits per heavy atom. The molecule has 0 radical (unpaired) electrons. The van der Waals surface area contributed by atoms with Gasteiger partial charge in [-0.25, -0.2) is 4.79 Å². The first-order chi connectivity index (χ1) is 17.6. The molecule has 2 N–H and O–H groups in total. The number of urea groups is 1. The minimum atomic E-state index is -3.48. The Kier molecular flexibility index (Phi) is 7.82. The number of anilines is 1. The molecule has 4 rings (SSSR count). The van der Waals surface area contributed by atoms with E-state index in [0.29, 0.717) is 35.8 Å². The Morgan fingerprint density at radius 3 is 2.30 bits per heavy atom. The summed E-state index contributed by atoms with van der Waals surface area (Å²) in [5.41, 5.74) is 3.68. The Morgan fingerprint density at radius 2 is 1.70 bits per heavy atom. The van der Waals surface area contributed by atoms with Gasteiger partial charge < -0.3 is 15.5 Å². The average Bonchev–Trinajstić information content (AvgIpc) is 2.86. The van der Waals surface area contributed by atoms with Crippen molar-refractivity contribution in [1.29, 1.82) is 5.26 Å². The zero-order valence-electron chi connectivity index (χ0n) is 21.3. The van der Waals surface area contributed by atoms with Gasteiger partial charge in [-0.2, -0.15) is 22.3 Å². The predicted octanol–water partition coefficient (Wildman–Crippen LogP) is 2.50. The molecule has 0 aromatic heterocycles. The Hall–Kier alpha value is -3.46. The van der Waals surface area contributed by atoms with Crippen molar-refractivity contribution < 1.29 is 18.0 Å². The number of rotatable bonds is 6. The Bertz CT molecular complexity index is 1310. The lowest BCUT2D eigenvalue weighted by Gasteiger charge is -2.39. The van der Waals surface area contributed by atoms with E-state index in [0.717, 1.165) is 22.7 Å². The summed E-state index contributed by atoms with van der Waals surface area (Å²) < 4.78 is 26.6. The largest absolute Gasteiger partial charge is 0.339 e. The van der Waals surface area contributed by atoms with Crippen molar-refractivity contribution >= 4 is 27.8 Å². The maximum absolute atomic E-state index is 13.2. The second-order valence-corrected chi connectivity index (χ2v) is 11.9. The smallest absolute Gasteiger partial charge is 0.319 e. The normalized spacial score (nSPS) is 17.2.